The van der Waals surface area contributed by atoms with Crippen molar-refractivity contribution in [1.82, 2.24) is 0 Å². The summed E-state index contributed by atoms with van der Waals surface area (Å²) in [5.41, 5.74) is 0.126. The zero-order valence-electron chi connectivity index (χ0n) is 72.1. The van der Waals surface area contributed by atoms with Gasteiger partial charge in [-0.2, -0.15) is 0 Å². The highest BCUT2D eigenvalue weighted by Crippen LogP contribution is 2.68. The summed E-state index contributed by atoms with van der Waals surface area (Å²) in [5, 5.41) is 0. The molecule has 0 amide bonds. The first-order valence-corrected chi connectivity index (χ1v) is 43.7. The van der Waals surface area contributed by atoms with Gasteiger partial charge in [0.2, 0.25) is 0 Å². The first kappa shape index (κ1) is 86.8. The lowest BCUT2D eigenvalue weighted by atomic mass is 9.48. The molecule has 20 fully saturated rings. The van der Waals surface area contributed by atoms with Crippen LogP contribution in [0.5, 0.6) is 0 Å². The quantitative estimate of drug-likeness (QED) is 0.0266. The van der Waals surface area contributed by atoms with E-state index in [0.717, 1.165) is 134 Å². The predicted octanol–water partition coefficient (Wildman–Crippen LogP) is 19.2. The van der Waals surface area contributed by atoms with Crippen molar-refractivity contribution in [3.05, 3.63) is 48.6 Å². The van der Waals surface area contributed by atoms with Crippen LogP contribution in [0.2, 0.25) is 0 Å². The molecule has 0 spiro atoms. The molecule has 0 aromatic rings. The molecule has 0 heterocycles. The molecule has 628 valence electrons. The molecular weight excluding hydrogens is 1410 g/mol. The standard InChI is InChI=1S/C29H44O4.C24H40O6.2C20H32O4/c1-18(2)25(30)32-28-12-23-8-24(13-28)15-29(14-23,16-28)33-26(19(3)4)31-17-27-9-20-5-21(10-27)7-22(6-20)11-27;1-15(2)19(25)28-22-9-18-10-23(12-22,29-20(26-7)16(3)4)14-24(11-18,13-22)30-21(27-8)17(5)6;1-13(2)17(21)24-20-9-15-6-16(10-20)8-19(7-15,11-20)12-23-18(22-5)14(3)4;1-13(2)17(21)23-12-19-7-15-6-16(8-19)10-20(9-15,11-19)24-18(22-5)14(3)4/h19-24,26H,1,5-17H2,2-4H3;16-18,20-21H,1,9-14H2,2-8H3;2*14-16,18H,1,6-12H2,2-5H3. The zero-order valence-corrected chi connectivity index (χ0v) is 72.1. The Morgan fingerprint density at radius 1 is 0.279 bits per heavy atom. The van der Waals surface area contributed by atoms with Gasteiger partial charge in [0.1, 0.15) is 16.8 Å². The molecular formula is C93H148O18. The van der Waals surface area contributed by atoms with Gasteiger partial charge < -0.3 is 66.3 Å². The van der Waals surface area contributed by atoms with Crippen LogP contribution in [0.4, 0.5) is 0 Å². The summed E-state index contributed by atoms with van der Waals surface area (Å²) in [6.07, 6.45) is 32.1. The molecule has 0 aromatic heterocycles. The summed E-state index contributed by atoms with van der Waals surface area (Å²) < 4.78 is 86.1. The van der Waals surface area contributed by atoms with Gasteiger partial charge in [-0.1, -0.05) is 95.6 Å². The lowest BCUT2D eigenvalue weighted by Crippen LogP contribution is -2.69. The zero-order chi connectivity index (χ0) is 80.4. The maximum Gasteiger partial charge on any atom is 0.333 e. The van der Waals surface area contributed by atoms with Gasteiger partial charge in [0.25, 0.3) is 0 Å². The van der Waals surface area contributed by atoms with Crippen LogP contribution in [0, 0.1) is 105 Å². The summed E-state index contributed by atoms with van der Waals surface area (Å²) in [5.74, 6) is 7.48. The smallest absolute Gasteiger partial charge is 0.333 e. The van der Waals surface area contributed by atoms with Gasteiger partial charge >= 0.3 is 23.9 Å². The predicted molar refractivity (Wildman–Crippen MR) is 426 cm³/mol. The van der Waals surface area contributed by atoms with E-state index in [9.17, 15) is 19.2 Å². The maximum atomic E-state index is 12.6. The van der Waals surface area contributed by atoms with E-state index in [2.05, 4.69) is 95.6 Å². The Balaban J connectivity index is 0.000000139. The van der Waals surface area contributed by atoms with Crippen molar-refractivity contribution in [2.24, 2.45) is 105 Å². The molecule has 0 aromatic carbocycles. The van der Waals surface area contributed by atoms with E-state index in [1.807, 2.05) is 0 Å². The van der Waals surface area contributed by atoms with Crippen LogP contribution in [0.1, 0.15) is 290 Å². The SMILES string of the molecule is C=C(C)C(=O)OC12CC3CC(C1)CC(OC(OCC14CC5CC(CC(C5)C1)C4)C(C)C)(C3)C2.C=C(C)C(=O)OC12CC3CC(CC(COC(OC)C(C)C)(C3)C1)C2.C=C(C)C(=O)OC12CC3CC(OC(OC)C(C)C)(C1)CC(OC(OC)C(C)C)(C3)C2.C=C(C)C(=O)OCC12CC3CC(C1)CC(OC(OC)C(C)C)(C3)C2. The molecule has 18 nitrogen and oxygen atoms in total. The third-order valence-corrected chi connectivity index (χ3v) is 29.3. The van der Waals surface area contributed by atoms with Gasteiger partial charge in [0.15, 0.2) is 31.5 Å². The molecule has 20 bridgehead atoms. The van der Waals surface area contributed by atoms with Gasteiger partial charge in [-0.25, -0.2) is 19.2 Å². The van der Waals surface area contributed by atoms with E-state index < -0.39 is 16.8 Å². The second-order valence-corrected chi connectivity index (χ2v) is 42.6. The molecule has 13 unspecified atom stereocenters. The van der Waals surface area contributed by atoms with Crippen LogP contribution in [-0.4, -0.2) is 143 Å². The highest BCUT2D eigenvalue weighted by Gasteiger charge is 2.69. The highest BCUT2D eigenvalue weighted by molar-refractivity contribution is 5.88. The van der Waals surface area contributed by atoms with Crippen LogP contribution < -0.4 is 0 Å². The van der Waals surface area contributed by atoms with Gasteiger partial charge in [0.05, 0.1) is 42.2 Å². The van der Waals surface area contributed by atoms with E-state index in [-0.39, 0.29) is 100 Å². The van der Waals surface area contributed by atoms with E-state index in [0.29, 0.717) is 113 Å². The van der Waals surface area contributed by atoms with Gasteiger partial charge in [-0.3, -0.25) is 0 Å². The Kier molecular flexibility index (Phi) is 26.3. The third-order valence-electron chi connectivity index (χ3n) is 29.3. The third kappa shape index (κ3) is 19.6. The van der Waals surface area contributed by atoms with Crippen LogP contribution in [-0.2, 0) is 85.5 Å². The second kappa shape index (κ2) is 33.7. The van der Waals surface area contributed by atoms with Crippen molar-refractivity contribution in [3.8, 4) is 0 Å². The number of rotatable bonds is 32. The van der Waals surface area contributed by atoms with Crippen molar-refractivity contribution in [3.63, 3.8) is 0 Å². The van der Waals surface area contributed by atoms with Crippen molar-refractivity contribution in [2.45, 2.75) is 360 Å². The fourth-order valence-corrected chi connectivity index (χ4v) is 27.7. The monoisotopic (exact) mass is 1550 g/mol. The van der Waals surface area contributed by atoms with Crippen molar-refractivity contribution in [2.75, 3.05) is 48.3 Å². The van der Waals surface area contributed by atoms with Crippen molar-refractivity contribution in [1.29, 1.82) is 0 Å². The molecule has 20 aliphatic rings. The maximum absolute atomic E-state index is 12.6. The van der Waals surface area contributed by atoms with E-state index in [4.69, 9.17) is 66.3 Å². The van der Waals surface area contributed by atoms with Crippen LogP contribution >= 0.6 is 0 Å². The average molecular weight is 1550 g/mol. The van der Waals surface area contributed by atoms with E-state index in [1.54, 1.807) is 56.1 Å². The topological polar surface area (TPSA) is 197 Å². The van der Waals surface area contributed by atoms with E-state index >= 15 is 0 Å². The summed E-state index contributed by atoms with van der Waals surface area (Å²) in [4.78, 5) is 49.1. The van der Waals surface area contributed by atoms with Crippen molar-refractivity contribution < 1.29 is 85.5 Å². The van der Waals surface area contributed by atoms with E-state index in [1.165, 1.54) is 70.6 Å². The summed E-state index contributed by atoms with van der Waals surface area (Å²) in [6.45, 7) is 45.4. The molecule has 111 heavy (non-hydrogen) atoms. The van der Waals surface area contributed by atoms with Gasteiger partial charge in [-0.15, -0.1) is 0 Å². The molecule has 18 heteroatoms. The first-order chi connectivity index (χ1) is 52.1. The molecule has 13 atom stereocenters. The molecule has 0 saturated heterocycles. The van der Waals surface area contributed by atoms with Crippen LogP contribution in [0.3, 0.4) is 0 Å². The first-order valence-electron chi connectivity index (χ1n) is 43.7. The van der Waals surface area contributed by atoms with Crippen molar-refractivity contribution >= 4 is 23.9 Å². The van der Waals surface area contributed by atoms with Crippen LogP contribution in [0.25, 0.3) is 0 Å². The average Bonchev–Trinajstić information content (AvgIpc) is 0.708. The van der Waals surface area contributed by atoms with Gasteiger partial charge in [-0.05, 0) is 265 Å². The minimum atomic E-state index is -0.597. The Hall–Kier alpha value is -3.56. The van der Waals surface area contributed by atoms with Crippen LogP contribution in [0.15, 0.2) is 48.6 Å². The molecule has 20 rings (SSSR count). The molecule has 20 aliphatic carbocycles. The summed E-state index contributed by atoms with van der Waals surface area (Å²) >= 11 is 0. The molecule has 0 aliphatic heterocycles. The highest BCUT2D eigenvalue weighted by atomic mass is 16.7. The normalized spacial score (nSPS) is 40.8. The minimum absolute atomic E-state index is 0.0878. The fraction of sp³-hybridized carbons (Fsp3) is 0.871. The molecule has 0 radical (unpaired) electrons. The Bertz CT molecular complexity index is 3230. The number of carbonyl (C=O) groups excluding carboxylic acids is 4. The number of esters is 4. The lowest BCUT2D eigenvalue weighted by molar-refractivity contribution is -0.342. The lowest BCUT2D eigenvalue weighted by Gasteiger charge is -2.65. The number of methoxy groups -OCH3 is 4. The largest absolute Gasteiger partial charge is 0.462 e. The number of carbonyl (C=O) groups is 4. The summed E-state index contributed by atoms with van der Waals surface area (Å²) in [7, 11) is 6.82. The van der Waals surface area contributed by atoms with Gasteiger partial charge in [0, 0.05) is 111 Å². The minimum Gasteiger partial charge on any atom is -0.462 e. The molecule has 0 N–H and O–H groups in total. The summed E-state index contributed by atoms with van der Waals surface area (Å²) in [6, 6.07) is 0. The Morgan fingerprint density at radius 3 is 0.910 bits per heavy atom. The number of ether oxygens (including phenoxy) is 14. The second-order valence-electron chi connectivity index (χ2n) is 42.6. The number of hydrogen-bond acceptors (Lipinski definition) is 18. The molecule has 20 saturated carbocycles. The fourth-order valence-electron chi connectivity index (χ4n) is 27.7. The number of hydrogen-bond donors (Lipinski definition) is 0. The Morgan fingerprint density at radius 2 is 0.532 bits per heavy atom. The Labute approximate surface area is 668 Å².